The van der Waals surface area contributed by atoms with Gasteiger partial charge in [-0.05, 0) is 12.0 Å². The van der Waals surface area contributed by atoms with E-state index in [9.17, 15) is 19.8 Å². The Labute approximate surface area is 142 Å². The number of hydrogen-bond donors (Lipinski definition) is 3. The topological polar surface area (TPSA) is 109 Å². The molecule has 2 rings (SSSR count). The summed E-state index contributed by atoms with van der Waals surface area (Å²) < 4.78 is 5.03. The van der Waals surface area contributed by atoms with Crippen molar-refractivity contribution in [1.82, 2.24) is 10.3 Å². The first kappa shape index (κ1) is 18.1. The van der Waals surface area contributed by atoms with Gasteiger partial charge >= 0.3 is 6.09 Å². The number of carbonyl (C=O) groups excluding carboxylic acids is 2. The number of alkyl carbamates (subject to hydrolysis) is 1. The Bertz CT molecular complexity index is 661. The zero-order valence-corrected chi connectivity index (χ0v) is 13.6. The molecule has 0 aliphatic rings. The van der Waals surface area contributed by atoms with Crippen molar-refractivity contribution in [3.63, 3.8) is 0 Å². The highest BCUT2D eigenvalue weighted by atomic mass is 32.1. The van der Waals surface area contributed by atoms with Crippen LogP contribution < -0.4 is 5.32 Å². The third-order valence-corrected chi connectivity index (χ3v) is 4.13. The van der Waals surface area contributed by atoms with Crippen LogP contribution in [0.1, 0.15) is 33.6 Å². The molecular weight excluding hydrogens is 332 g/mol. The molecule has 1 aromatic heterocycles. The van der Waals surface area contributed by atoms with Crippen molar-refractivity contribution in [3.8, 4) is 0 Å². The Hall–Kier alpha value is -2.29. The standard InChI is InChI=1S/C16H18N2O5S/c19-8-12-10-24-15(18-12)14(21)13(20)6-7-17-16(22)23-9-11-4-2-1-3-5-11/h1-5,8,10,13-14,20-21H,6-7,9H2,(H,17,22). The third-order valence-electron chi connectivity index (χ3n) is 3.20. The van der Waals surface area contributed by atoms with Crippen LogP contribution >= 0.6 is 11.3 Å². The lowest BCUT2D eigenvalue weighted by Crippen LogP contribution is -2.29. The summed E-state index contributed by atoms with van der Waals surface area (Å²) in [4.78, 5) is 26.0. The second-order valence-electron chi connectivity index (χ2n) is 5.02. The van der Waals surface area contributed by atoms with E-state index >= 15 is 0 Å². The fraction of sp³-hybridized carbons (Fsp3) is 0.312. The summed E-state index contributed by atoms with van der Waals surface area (Å²) >= 11 is 1.09. The maximum absolute atomic E-state index is 11.6. The highest BCUT2D eigenvalue weighted by Crippen LogP contribution is 2.22. The van der Waals surface area contributed by atoms with Crippen LogP contribution in [0.3, 0.4) is 0 Å². The van der Waals surface area contributed by atoms with Gasteiger partial charge in [-0.1, -0.05) is 30.3 Å². The number of ether oxygens (including phenoxy) is 1. The molecule has 0 saturated heterocycles. The minimum absolute atomic E-state index is 0.123. The van der Waals surface area contributed by atoms with Gasteiger partial charge in [0, 0.05) is 11.9 Å². The van der Waals surface area contributed by atoms with E-state index in [1.807, 2.05) is 30.3 Å². The number of benzene rings is 1. The summed E-state index contributed by atoms with van der Waals surface area (Å²) in [5.74, 6) is 0. The van der Waals surface area contributed by atoms with Crippen molar-refractivity contribution in [2.75, 3.05) is 6.54 Å². The molecule has 2 aromatic rings. The Balaban J connectivity index is 1.68. The number of aldehydes is 1. The van der Waals surface area contributed by atoms with Gasteiger partial charge in [0.15, 0.2) is 6.29 Å². The molecule has 1 amide bonds. The second-order valence-corrected chi connectivity index (χ2v) is 5.91. The van der Waals surface area contributed by atoms with Crippen molar-refractivity contribution in [3.05, 3.63) is 52.0 Å². The molecule has 3 N–H and O–H groups in total. The van der Waals surface area contributed by atoms with Crippen LogP contribution in [0, 0.1) is 0 Å². The predicted octanol–water partition coefficient (Wildman–Crippen LogP) is 1.67. The smallest absolute Gasteiger partial charge is 0.407 e. The molecule has 0 saturated carbocycles. The number of nitrogens with zero attached hydrogens (tertiary/aromatic N) is 1. The first-order valence-corrected chi connectivity index (χ1v) is 8.19. The molecule has 0 bridgehead atoms. The molecule has 128 valence electrons. The maximum Gasteiger partial charge on any atom is 0.407 e. The molecule has 0 radical (unpaired) electrons. The Morgan fingerprint density at radius 1 is 1.33 bits per heavy atom. The van der Waals surface area contributed by atoms with Gasteiger partial charge in [0.1, 0.15) is 23.4 Å². The number of aliphatic hydroxyl groups excluding tert-OH is 2. The highest BCUT2D eigenvalue weighted by Gasteiger charge is 2.21. The summed E-state index contributed by atoms with van der Waals surface area (Å²) in [6.45, 7) is 0.295. The van der Waals surface area contributed by atoms with Crippen molar-refractivity contribution in [1.29, 1.82) is 0 Å². The van der Waals surface area contributed by atoms with E-state index in [0.717, 1.165) is 16.9 Å². The lowest BCUT2D eigenvalue weighted by atomic mass is 10.1. The lowest BCUT2D eigenvalue weighted by Gasteiger charge is -2.15. The molecule has 0 aliphatic carbocycles. The van der Waals surface area contributed by atoms with Gasteiger partial charge in [-0.25, -0.2) is 9.78 Å². The molecule has 2 atom stereocenters. The number of thiazole rings is 1. The van der Waals surface area contributed by atoms with Gasteiger partial charge < -0.3 is 20.3 Å². The Kier molecular flexibility index (Phi) is 6.86. The van der Waals surface area contributed by atoms with E-state index < -0.39 is 18.3 Å². The minimum atomic E-state index is -1.20. The van der Waals surface area contributed by atoms with Gasteiger partial charge in [0.25, 0.3) is 0 Å². The first-order chi connectivity index (χ1) is 11.6. The van der Waals surface area contributed by atoms with Crippen molar-refractivity contribution in [2.24, 2.45) is 0 Å². The van der Waals surface area contributed by atoms with Crippen molar-refractivity contribution >= 4 is 23.7 Å². The van der Waals surface area contributed by atoms with E-state index in [4.69, 9.17) is 4.74 Å². The number of aromatic nitrogens is 1. The molecule has 8 heteroatoms. The van der Waals surface area contributed by atoms with Crippen LogP contribution in [0.25, 0.3) is 0 Å². The average Bonchev–Trinajstić information content (AvgIpc) is 3.09. The summed E-state index contributed by atoms with van der Waals surface area (Å²) in [6.07, 6.45) is -2.21. The predicted molar refractivity (Wildman–Crippen MR) is 87.7 cm³/mol. The third kappa shape index (κ3) is 5.41. The number of carbonyl (C=O) groups is 2. The molecule has 24 heavy (non-hydrogen) atoms. The highest BCUT2D eigenvalue weighted by molar-refractivity contribution is 7.09. The van der Waals surface area contributed by atoms with E-state index in [-0.39, 0.29) is 30.3 Å². The fourth-order valence-corrected chi connectivity index (χ4v) is 2.71. The van der Waals surface area contributed by atoms with Crippen LogP contribution in [0.2, 0.25) is 0 Å². The average molecular weight is 350 g/mol. The van der Waals surface area contributed by atoms with Crippen LogP contribution in [0.5, 0.6) is 0 Å². The van der Waals surface area contributed by atoms with E-state index in [0.29, 0.717) is 6.29 Å². The quantitative estimate of drug-likeness (QED) is 0.625. The summed E-state index contributed by atoms with van der Waals surface area (Å²) in [7, 11) is 0. The zero-order valence-electron chi connectivity index (χ0n) is 12.8. The Morgan fingerprint density at radius 3 is 2.75 bits per heavy atom. The van der Waals surface area contributed by atoms with Crippen LogP contribution in [-0.2, 0) is 11.3 Å². The van der Waals surface area contributed by atoms with Crippen molar-refractivity contribution in [2.45, 2.75) is 25.2 Å². The largest absolute Gasteiger partial charge is 0.445 e. The first-order valence-electron chi connectivity index (χ1n) is 7.31. The van der Waals surface area contributed by atoms with E-state index in [1.54, 1.807) is 0 Å². The molecule has 2 unspecified atom stereocenters. The zero-order chi connectivity index (χ0) is 17.4. The maximum atomic E-state index is 11.6. The summed E-state index contributed by atoms with van der Waals surface area (Å²) in [5, 5.41) is 24.1. The SMILES string of the molecule is O=Cc1csc(C(O)C(O)CCNC(=O)OCc2ccccc2)n1. The molecule has 7 nitrogen and oxygen atoms in total. The molecule has 0 fully saturated rings. The lowest BCUT2D eigenvalue weighted by molar-refractivity contribution is 0.0134. The van der Waals surface area contributed by atoms with E-state index in [2.05, 4.69) is 10.3 Å². The molecule has 1 aromatic carbocycles. The summed E-state index contributed by atoms with van der Waals surface area (Å²) in [6, 6.07) is 9.26. The van der Waals surface area contributed by atoms with Gasteiger partial charge in [-0.15, -0.1) is 11.3 Å². The van der Waals surface area contributed by atoms with Gasteiger partial charge in [0.05, 0.1) is 6.10 Å². The normalized spacial score (nSPS) is 13.1. The van der Waals surface area contributed by atoms with Gasteiger partial charge in [-0.3, -0.25) is 4.79 Å². The second kappa shape index (κ2) is 9.11. The summed E-state index contributed by atoms with van der Waals surface area (Å²) in [5.41, 5.74) is 1.08. The molecular formula is C16H18N2O5S. The fourth-order valence-electron chi connectivity index (χ4n) is 1.91. The van der Waals surface area contributed by atoms with E-state index in [1.165, 1.54) is 5.38 Å². The number of aliphatic hydroxyl groups is 2. The minimum Gasteiger partial charge on any atom is -0.445 e. The van der Waals surface area contributed by atoms with Crippen LogP contribution in [0.15, 0.2) is 35.7 Å². The van der Waals surface area contributed by atoms with Crippen molar-refractivity contribution < 1.29 is 24.5 Å². The van der Waals surface area contributed by atoms with Crippen LogP contribution in [0.4, 0.5) is 4.79 Å². The number of hydrogen-bond acceptors (Lipinski definition) is 7. The molecule has 0 spiro atoms. The monoisotopic (exact) mass is 350 g/mol. The molecule has 0 aliphatic heterocycles. The van der Waals surface area contributed by atoms with Crippen LogP contribution in [-0.4, -0.2) is 40.2 Å². The molecule has 1 heterocycles. The van der Waals surface area contributed by atoms with Gasteiger partial charge in [0.2, 0.25) is 0 Å². The number of nitrogens with one attached hydrogen (secondary N) is 1. The number of rotatable bonds is 8. The van der Waals surface area contributed by atoms with Gasteiger partial charge in [-0.2, -0.15) is 0 Å². The Morgan fingerprint density at radius 2 is 2.08 bits per heavy atom. The number of amides is 1.